The van der Waals surface area contributed by atoms with Crippen molar-refractivity contribution in [1.29, 1.82) is 0 Å². The molecule has 2 N–H and O–H groups in total. The Kier molecular flexibility index (Phi) is 13.8. The number of carbonyl (C=O) groups excluding carboxylic acids is 3. The van der Waals surface area contributed by atoms with Crippen molar-refractivity contribution in [2.45, 2.75) is 38.1 Å². The van der Waals surface area contributed by atoms with E-state index in [1.165, 1.54) is 12.2 Å². The maximum Gasteiger partial charge on any atom is 0.253 e. The number of ether oxygens (including phenoxy) is 2. The van der Waals surface area contributed by atoms with Crippen LogP contribution < -0.4 is 10.2 Å². The zero-order valence-corrected chi connectivity index (χ0v) is 19.1. The number of hydrogen-bond donors (Lipinski definition) is 2. The predicted molar refractivity (Wildman–Crippen MR) is 124 cm³/mol. The summed E-state index contributed by atoms with van der Waals surface area (Å²) in [4.78, 5) is 40.2. The lowest BCUT2D eigenvalue weighted by atomic mass is 10.1. The maximum atomic E-state index is 11.8. The van der Waals surface area contributed by atoms with Crippen LogP contribution in [-0.4, -0.2) is 53.7 Å². The molecule has 1 aromatic carbocycles. The Morgan fingerprint density at radius 3 is 2.35 bits per heavy atom. The zero-order valence-electron chi connectivity index (χ0n) is 19.1. The molecular formula is C24H32N2O8. The molecule has 10 heteroatoms. The van der Waals surface area contributed by atoms with Crippen LogP contribution >= 0.6 is 0 Å². The van der Waals surface area contributed by atoms with E-state index >= 15 is 0 Å². The fourth-order valence-corrected chi connectivity index (χ4v) is 3.18. The van der Waals surface area contributed by atoms with Crippen LogP contribution in [0.2, 0.25) is 0 Å². The van der Waals surface area contributed by atoms with Gasteiger partial charge in [0.2, 0.25) is 5.91 Å². The van der Waals surface area contributed by atoms with Gasteiger partial charge in [0.15, 0.2) is 12.0 Å². The molecule has 0 saturated carbocycles. The van der Waals surface area contributed by atoms with E-state index in [4.69, 9.17) is 14.7 Å². The average Bonchev–Trinajstić information content (AvgIpc) is 3.47. The molecule has 3 amide bonds. The van der Waals surface area contributed by atoms with Gasteiger partial charge in [-0.25, -0.2) is 5.26 Å². The highest BCUT2D eigenvalue weighted by Gasteiger charge is 2.27. The molecule has 186 valence electrons. The lowest BCUT2D eigenvalue weighted by molar-refractivity contribution is -0.438. The van der Waals surface area contributed by atoms with Gasteiger partial charge in [-0.15, -0.1) is 26.3 Å². The second kappa shape index (κ2) is 16.3. The van der Waals surface area contributed by atoms with Crippen LogP contribution in [0.4, 0.5) is 0 Å². The van der Waals surface area contributed by atoms with E-state index in [0.717, 1.165) is 29.7 Å². The summed E-state index contributed by atoms with van der Waals surface area (Å²) in [6.07, 6.45) is 4.46. The van der Waals surface area contributed by atoms with Crippen molar-refractivity contribution in [3.63, 3.8) is 0 Å². The van der Waals surface area contributed by atoms with E-state index in [1.54, 1.807) is 24.3 Å². The van der Waals surface area contributed by atoms with Crippen LogP contribution in [0.3, 0.4) is 0 Å². The van der Waals surface area contributed by atoms with Crippen LogP contribution in [0.25, 0.3) is 0 Å². The van der Waals surface area contributed by atoms with Crippen LogP contribution in [0.5, 0.6) is 5.75 Å². The first-order chi connectivity index (χ1) is 16.6. The van der Waals surface area contributed by atoms with E-state index in [2.05, 4.69) is 41.6 Å². The van der Waals surface area contributed by atoms with E-state index in [-0.39, 0.29) is 36.8 Å². The summed E-state index contributed by atoms with van der Waals surface area (Å²) in [5.74, 6) is -0.600. The Labute approximate surface area is 199 Å². The molecule has 1 aromatic rings. The number of imide groups is 1. The first-order valence-electron chi connectivity index (χ1n) is 10.7. The molecule has 1 fully saturated rings. The molecule has 1 saturated heterocycles. The monoisotopic (exact) mass is 476 g/mol. The highest BCUT2D eigenvalue weighted by atomic mass is 17.5. The zero-order chi connectivity index (χ0) is 25.3. The van der Waals surface area contributed by atoms with Crippen LogP contribution in [-0.2, 0) is 28.9 Å². The Morgan fingerprint density at radius 2 is 1.74 bits per heavy atom. The molecule has 2 heterocycles. The lowest BCUT2D eigenvalue weighted by Gasteiger charge is -2.13. The second-order valence-electron chi connectivity index (χ2n) is 6.91. The normalized spacial score (nSPS) is 18.6. The van der Waals surface area contributed by atoms with E-state index < -0.39 is 6.29 Å². The van der Waals surface area contributed by atoms with Gasteiger partial charge in [0.1, 0.15) is 0 Å². The molecule has 2 aliphatic rings. The second-order valence-corrected chi connectivity index (χ2v) is 6.91. The van der Waals surface area contributed by atoms with Crippen molar-refractivity contribution in [2.75, 3.05) is 19.7 Å². The summed E-state index contributed by atoms with van der Waals surface area (Å²) in [6, 6.07) is 6.77. The standard InChI is InChI=1S/C20H24N2O8.2C2H4/c23-17(10-12-22-18(24)8-9-19(22)25)21-11-2-1-3-16-13-27-20(28-16)14-4-6-15(7-5-14)29-30-26;2*1-2/h4-9,16,20,26H,1-3,10-13H2,(H,21,23);2*1-2H2. The Bertz CT molecular complexity index is 792. The van der Waals surface area contributed by atoms with Gasteiger partial charge >= 0.3 is 0 Å². The van der Waals surface area contributed by atoms with Crippen molar-refractivity contribution in [1.82, 2.24) is 10.2 Å². The van der Waals surface area contributed by atoms with E-state index in [9.17, 15) is 14.4 Å². The van der Waals surface area contributed by atoms with Crippen molar-refractivity contribution in [3.05, 3.63) is 68.3 Å². The van der Waals surface area contributed by atoms with E-state index in [0.29, 0.717) is 18.9 Å². The van der Waals surface area contributed by atoms with Gasteiger partial charge in [0, 0.05) is 37.2 Å². The van der Waals surface area contributed by atoms with Crippen molar-refractivity contribution >= 4 is 17.7 Å². The minimum atomic E-state index is -0.454. The van der Waals surface area contributed by atoms with Gasteiger partial charge in [-0.05, 0) is 36.4 Å². The third-order valence-corrected chi connectivity index (χ3v) is 4.77. The SMILES string of the molecule is C=C.C=C.O=C(CCN1C(=O)C=CC1=O)NCCCCC1COC(c2ccc(OOO)cc2)O1. The molecular weight excluding hydrogens is 444 g/mol. The van der Waals surface area contributed by atoms with Crippen molar-refractivity contribution in [2.24, 2.45) is 0 Å². The van der Waals surface area contributed by atoms with Gasteiger partial charge in [-0.3, -0.25) is 19.3 Å². The molecule has 3 rings (SSSR count). The van der Waals surface area contributed by atoms with Gasteiger partial charge < -0.3 is 19.7 Å². The van der Waals surface area contributed by atoms with Crippen LogP contribution in [0.15, 0.2) is 62.7 Å². The maximum absolute atomic E-state index is 11.8. The Morgan fingerprint density at radius 1 is 1.09 bits per heavy atom. The third kappa shape index (κ3) is 9.28. The van der Waals surface area contributed by atoms with Gasteiger partial charge in [-0.1, -0.05) is 12.1 Å². The summed E-state index contributed by atoms with van der Waals surface area (Å²) in [5.41, 5.74) is 0.834. The summed E-state index contributed by atoms with van der Waals surface area (Å²) in [6.45, 7) is 13.1. The van der Waals surface area contributed by atoms with Crippen LogP contribution in [0.1, 0.15) is 37.5 Å². The number of unbranched alkanes of at least 4 members (excludes halogenated alkanes) is 1. The average molecular weight is 477 g/mol. The minimum absolute atomic E-state index is 0.0258. The summed E-state index contributed by atoms with van der Waals surface area (Å²) < 4.78 is 11.6. The molecule has 2 aliphatic heterocycles. The molecule has 0 bridgehead atoms. The fraction of sp³-hybridized carbons (Fsp3) is 0.375. The third-order valence-electron chi connectivity index (χ3n) is 4.77. The molecule has 0 spiro atoms. The number of rotatable bonds is 11. The Hall–Kier alpha value is -3.31. The number of hydrogen-bond acceptors (Lipinski definition) is 8. The lowest BCUT2D eigenvalue weighted by Crippen LogP contribution is -2.35. The van der Waals surface area contributed by atoms with E-state index in [1.807, 2.05) is 0 Å². The number of nitrogens with one attached hydrogen (secondary N) is 1. The fourth-order valence-electron chi connectivity index (χ4n) is 3.18. The number of amides is 3. The predicted octanol–water partition coefficient (Wildman–Crippen LogP) is 3.09. The van der Waals surface area contributed by atoms with Crippen LogP contribution in [0, 0.1) is 0 Å². The molecule has 10 nitrogen and oxygen atoms in total. The largest absolute Gasteiger partial charge is 0.356 e. The molecule has 2 unspecified atom stereocenters. The summed E-state index contributed by atoms with van der Waals surface area (Å²) >= 11 is 0. The molecule has 34 heavy (non-hydrogen) atoms. The topological polar surface area (TPSA) is 124 Å². The first-order valence-corrected chi connectivity index (χ1v) is 10.7. The highest BCUT2D eigenvalue weighted by molar-refractivity contribution is 6.13. The highest BCUT2D eigenvalue weighted by Crippen LogP contribution is 2.30. The van der Waals surface area contributed by atoms with Gasteiger partial charge in [-0.2, -0.15) is 0 Å². The smallest absolute Gasteiger partial charge is 0.253 e. The molecule has 0 aliphatic carbocycles. The summed E-state index contributed by atoms with van der Waals surface area (Å²) in [7, 11) is 0. The Balaban J connectivity index is 0.00000137. The van der Waals surface area contributed by atoms with Gasteiger partial charge in [0.05, 0.1) is 12.7 Å². The van der Waals surface area contributed by atoms with Crippen molar-refractivity contribution in [3.8, 4) is 5.75 Å². The first kappa shape index (κ1) is 28.7. The molecule has 2 atom stereocenters. The van der Waals surface area contributed by atoms with Gasteiger partial charge in [0.25, 0.3) is 11.8 Å². The number of nitrogens with zero attached hydrogens (tertiary/aromatic N) is 1. The summed E-state index contributed by atoms with van der Waals surface area (Å²) in [5, 5.41) is 14.7. The van der Waals surface area contributed by atoms with Crippen molar-refractivity contribution < 1.29 is 39.0 Å². The molecule has 0 aromatic heterocycles. The minimum Gasteiger partial charge on any atom is -0.356 e. The number of carbonyl (C=O) groups is 3. The number of benzene rings is 1. The quantitative estimate of drug-likeness (QED) is 0.164. The molecule has 0 radical (unpaired) electrons.